The number of benzene rings is 1. The normalized spacial score (nSPS) is 18.0. The van der Waals surface area contributed by atoms with E-state index in [-0.39, 0.29) is 36.3 Å². The molecule has 1 aliphatic heterocycles. The molecule has 1 heterocycles. The first-order valence-corrected chi connectivity index (χ1v) is 6.80. The molecule has 2 rings (SSSR count). The number of nitro benzene ring substituents is 1. The summed E-state index contributed by atoms with van der Waals surface area (Å²) in [4.78, 5) is 24.6. The highest BCUT2D eigenvalue weighted by Gasteiger charge is 2.19. The van der Waals surface area contributed by atoms with Crippen LogP contribution in [0, 0.1) is 10.1 Å². The number of nitro groups is 1. The van der Waals surface area contributed by atoms with E-state index < -0.39 is 4.92 Å². The van der Waals surface area contributed by atoms with Crippen LogP contribution in [-0.4, -0.2) is 47.8 Å². The number of hydrogen-bond acceptors (Lipinski definition) is 5. The van der Waals surface area contributed by atoms with Gasteiger partial charge >= 0.3 is 0 Å². The highest BCUT2D eigenvalue weighted by atomic mass is 35.5. The summed E-state index contributed by atoms with van der Waals surface area (Å²) in [6.07, 6.45) is 0.394. The van der Waals surface area contributed by atoms with Crippen LogP contribution in [0.15, 0.2) is 24.3 Å². The van der Waals surface area contributed by atoms with Crippen molar-refractivity contribution in [2.75, 3.05) is 26.2 Å². The SMILES string of the molecule is CC1CNCCN1CCC(=O)c1cccc([N+](=O)[O-])c1.Cl.Cl. The molecule has 1 N–H and O–H groups in total. The molecule has 1 aliphatic rings. The summed E-state index contributed by atoms with van der Waals surface area (Å²) in [6, 6.07) is 6.36. The van der Waals surface area contributed by atoms with Crippen molar-refractivity contribution in [3.63, 3.8) is 0 Å². The van der Waals surface area contributed by atoms with Gasteiger partial charge in [-0.25, -0.2) is 0 Å². The summed E-state index contributed by atoms with van der Waals surface area (Å²) in [5.74, 6) is -0.0422. The summed E-state index contributed by atoms with van der Waals surface area (Å²) < 4.78 is 0. The van der Waals surface area contributed by atoms with Gasteiger partial charge in [-0.05, 0) is 6.92 Å². The molecular formula is C14H21Cl2N3O3. The molecule has 0 aliphatic carbocycles. The molecule has 1 saturated heterocycles. The number of nitrogens with zero attached hydrogens (tertiary/aromatic N) is 2. The second kappa shape index (κ2) is 9.74. The number of Topliss-reactive ketones (excluding diaryl/α,β-unsaturated/α-hetero) is 1. The fourth-order valence-electron chi connectivity index (χ4n) is 2.40. The minimum absolute atomic E-state index is 0. The molecule has 0 spiro atoms. The summed E-state index contributed by atoms with van der Waals surface area (Å²) in [5.41, 5.74) is 0.383. The van der Waals surface area contributed by atoms with E-state index in [9.17, 15) is 14.9 Å². The predicted octanol–water partition coefficient (Wildman–Crippen LogP) is 2.30. The Morgan fingerprint density at radius 1 is 1.45 bits per heavy atom. The van der Waals surface area contributed by atoms with Crippen molar-refractivity contribution >= 4 is 36.3 Å². The maximum atomic E-state index is 12.1. The standard InChI is InChI=1S/C14H19N3O3.2ClH/c1-11-10-15-6-8-16(11)7-5-14(18)12-3-2-4-13(9-12)17(19)20;;/h2-4,9,11,15H,5-8,10H2,1H3;2*1H. The van der Waals surface area contributed by atoms with Gasteiger partial charge in [0.2, 0.25) is 0 Å². The Kier molecular flexibility index (Phi) is 9.20. The Morgan fingerprint density at radius 3 is 2.82 bits per heavy atom. The molecule has 0 radical (unpaired) electrons. The van der Waals surface area contributed by atoms with Gasteiger partial charge in [0, 0.05) is 56.3 Å². The maximum Gasteiger partial charge on any atom is 0.270 e. The van der Waals surface area contributed by atoms with Crippen molar-refractivity contribution in [1.82, 2.24) is 10.2 Å². The third kappa shape index (κ3) is 5.53. The topological polar surface area (TPSA) is 75.5 Å². The van der Waals surface area contributed by atoms with Crippen molar-refractivity contribution in [3.8, 4) is 0 Å². The van der Waals surface area contributed by atoms with Crippen LogP contribution >= 0.6 is 24.8 Å². The second-order valence-electron chi connectivity index (χ2n) is 5.07. The Balaban J connectivity index is 0.00000220. The van der Waals surface area contributed by atoms with Crippen LogP contribution in [-0.2, 0) is 0 Å². The van der Waals surface area contributed by atoms with Crippen LogP contribution in [0.2, 0.25) is 0 Å². The van der Waals surface area contributed by atoms with Crippen LogP contribution < -0.4 is 5.32 Å². The maximum absolute atomic E-state index is 12.1. The Morgan fingerprint density at radius 2 is 2.18 bits per heavy atom. The highest BCUT2D eigenvalue weighted by molar-refractivity contribution is 5.96. The quantitative estimate of drug-likeness (QED) is 0.501. The first-order chi connectivity index (χ1) is 9.58. The average molecular weight is 350 g/mol. The third-order valence-corrected chi connectivity index (χ3v) is 3.64. The van der Waals surface area contributed by atoms with Gasteiger partial charge in [-0.2, -0.15) is 0 Å². The predicted molar refractivity (Wildman–Crippen MR) is 90.4 cm³/mol. The zero-order chi connectivity index (χ0) is 14.5. The third-order valence-electron chi connectivity index (χ3n) is 3.64. The van der Waals surface area contributed by atoms with E-state index in [0.717, 1.165) is 19.6 Å². The van der Waals surface area contributed by atoms with Gasteiger partial charge in [-0.3, -0.25) is 19.8 Å². The number of ketones is 1. The Labute approximate surface area is 142 Å². The molecule has 0 saturated carbocycles. The molecule has 6 nitrogen and oxygen atoms in total. The summed E-state index contributed by atoms with van der Waals surface area (Å²) >= 11 is 0. The zero-order valence-corrected chi connectivity index (χ0v) is 14.0. The van der Waals surface area contributed by atoms with E-state index in [1.54, 1.807) is 12.1 Å². The van der Waals surface area contributed by atoms with Crippen molar-refractivity contribution in [2.45, 2.75) is 19.4 Å². The molecule has 124 valence electrons. The van der Waals surface area contributed by atoms with E-state index in [4.69, 9.17) is 0 Å². The summed E-state index contributed by atoms with van der Waals surface area (Å²) in [7, 11) is 0. The molecule has 1 unspecified atom stereocenters. The molecule has 0 aromatic heterocycles. The fourth-order valence-corrected chi connectivity index (χ4v) is 2.40. The highest BCUT2D eigenvalue weighted by Crippen LogP contribution is 2.15. The summed E-state index contributed by atoms with van der Waals surface area (Å²) in [5, 5.41) is 14.0. The van der Waals surface area contributed by atoms with Crippen molar-refractivity contribution in [3.05, 3.63) is 39.9 Å². The molecule has 0 amide bonds. The first-order valence-electron chi connectivity index (χ1n) is 6.80. The fraction of sp³-hybridized carbons (Fsp3) is 0.500. The Hall–Kier alpha value is -1.21. The molecule has 1 fully saturated rings. The van der Waals surface area contributed by atoms with Crippen molar-refractivity contribution in [1.29, 1.82) is 0 Å². The lowest BCUT2D eigenvalue weighted by Gasteiger charge is -2.33. The average Bonchev–Trinajstić information content (AvgIpc) is 2.46. The van der Waals surface area contributed by atoms with Crippen LogP contribution in [0.5, 0.6) is 0 Å². The number of piperazine rings is 1. The van der Waals surface area contributed by atoms with Gasteiger partial charge in [0.05, 0.1) is 4.92 Å². The largest absolute Gasteiger partial charge is 0.314 e. The first kappa shape index (κ1) is 20.8. The smallest absolute Gasteiger partial charge is 0.270 e. The van der Waals surface area contributed by atoms with Crippen molar-refractivity contribution < 1.29 is 9.72 Å². The molecule has 0 bridgehead atoms. The van der Waals surface area contributed by atoms with Crippen molar-refractivity contribution in [2.24, 2.45) is 0 Å². The number of nitrogens with one attached hydrogen (secondary N) is 1. The zero-order valence-electron chi connectivity index (χ0n) is 12.4. The van der Waals surface area contributed by atoms with Gasteiger partial charge < -0.3 is 5.32 Å². The summed E-state index contributed by atoms with van der Waals surface area (Å²) in [6.45, 7) is 5.64. The second-order valence-corrected chi connectivity index (χ2v) is 5.07. The number of hydrogen-bond donors (Lipinski definition) is 1. The molecule has 1 aromatic rings. The number of halogens is 2. The molecule has 1 atom stereocenters. The lowest BCUT2D eigenvalue weighted by molar-refractivity contribution is -0.384. The van der Waals surface area contributed by atoms with E-state index in [2.05, 4.69) is 17.1 Å². The van der Waals surface area contributed by atoms with E-state index in [1.165, 1.54) is 12.1 Å². The van der Waals surface area contributed by atoms with Crippen LogP contribution in [0.25, 0.3) is 0 Å². The monoisotopic (exact) mass is 349 g/mol. The van der Waals surface area contributed by atoms with Gasteiger partial charge in [0.1, 0.15) is 0 Å². The molecule has 22 heavy (non-hydrogen) atoms. The van der Waals surface area contributed by atoms with E-state index in [0.29, 0.717) is 24.6 Å². The van der Waals surface area contributed by atoms with Gasteiger partial charge in [-0.1, -0.05) is 12.1 Å². The van der Waals surface area contributed by atoms with Crippen LogP contribution in [0.1, 0.15) is 23.7 Å². The lowest BCUT2D eigenvalue weighted by atomic mass is 10.1. The number of carbonyl (C=O) groups is 1. The molecular weight excluding hydrogens is 329 g/mol. The van der Waals surface area contributed by atoms with Gasteiger partial charge in [0.15, 0.2) is 5.78 Å². The number of non-ortho nitro benzene ring substituents is 1. The number of carbonyl (C=O) groups excluding carboxylic acids is 1. The van der Waals surface area contributed by atoms with Crippen LogP contribution in [0.4, 0.5) is 5.69 Å². The number of rotatable bonds is 5. The lowest BCUT2D eigenvalue weighted by Crippen LogP contribution is -2.50. The molecule has 1 aromatic carbocycles. The van der Waals surface area contributed by atoms with Gasteiger partial charge in [0.25, 0.3) is 5.69 Å². The van der Waals surface area contributed by atoms with E-state index in [1.807, 2.05) is 0 Å². The van der Waals surface area contributed by atoms with E-state index >= 15 is 0 Å². The van der Waals surface area contributed by atoms with Gasteiger partial charge in [-0.15, -0.1) is 24.8 Å². The Bertz CT molecular complexity index is 514. The minimum Gasteiger partial charge on any atom is -0.314 e. The minimum atomic E-state index is -0.477. The molecule has 8 heteroatoms. The van der Waals surface area contributed by atoms with Crippen LogP contribution in [0.3, 0.4) is 0 Å².